The zero-order chi connectivity index (χ0) is 9.84. The Labute approximate surface area is 88.4 Å². The molecule has 0 saturated heterocycles. The third-order valence-electron chi connectivity index (χ3n) is 1.65. The molecule has 14 heavy (non-hydrogen) atoms. The Morgan fingerprint density at radius 1 is 1.36 bits per heavy atom. The smallest absolute Gasteiger partial charge is 0.337 e. The summed E-state index contributed by atoms with van der Waals surface area (Å²) in [5.74, 6) is 0.141. The van der Waals surface area contributed by atoms with Crippen molar-refractivity contribution in [3.8, 4) is 5.75 Å². The number of rotatable bonds is 2. The molecule has 78 valence electrons. The molecule has 5 heteroatoms. The first-order chi connectivity index (χ1) is 6.19. The van der Waals surface area contributed by atoms with Gasteiger partial charge in [-0.15, -0.1) is 12.4 Å². The topological polar surface area (TPSA) is 61.5 Å². The molecule has 0 amide bonds. The maximum atomic E-state index is 11.0. The molecule has 0 unspecified atom stereocenters. The number of carbonyl (C=O) groups excluding carboxylic acids is 1. The van der Waals surface area contributed by atoms with Crippen molar-refractivity contribution in [2.45, 2.75) is 0 Å². The highest BCUT2D eigenvalue weighted by Gasteiger charge is 2.07. The third kappa shape index (κ3) is 2.53. The zero-order valence-corrected chi connectivity index (χ0v) is 8.76. The molecule has 0 fully saturated rings. The molecule has 0 atom stereocenters. The predicted molar refractivity (Wildman–Crippen MR) is 56.0 cm³/mol. The number of nitrogen functional groups attached to an aromatic ring is 1. The summed E-state index contributed by atoms with van der Waals surface area (Å²) in [4.78, 5) is 11.0. The highest BCUT2D eigenvalue weighted by molar-refractivity contribution is 5.90. The summed E-state index contributed by atoms with van der Waals surface area (Å²) in [5, 5.41) is 0. The van der Waals surface area contributed by atoms with Crippen molar-refractivity contribution in [3.63, 3.8) is 0 Å². The van der Waals surface area contributed by atoms with Gasteiger partial charge in [0.1, 0.15) is 5.75 Å². The van der Waals surface area contributed by atoms with E-state index in [1.54, 1.807) is 12.1 Å². The molecule has 0 saturated carbocycles. The van der Waals surface area contributed by atoms with Crippen LogP contribution in [0.2, 0.25) is 0 Å². The van der Waals surface area contributed by atoms with Crippen LogP contribution in [-0.2, 0) is 4.74 Å². The second-order valence-corrected chi connectivity index (χ2v) is 2.45. The molecule has 0 aliphatic carbocycles. The van der Waals surface area contributed by atoms with Gasteiger partial charge >= 0.3 is 5.97 Å². The molecule has 0 radical (unpaired) electrons. The highest BCUT2D eigenvalue weighted by Crippen LogP contribution is 2.21. The van der Waals surface area contributed by atoms with Gasteiger partial charge in [-0.1, -0.05) is 0 Å². The maximum absolute atomic E-state index is 11.0. The van der Waals surface area contributed by atoms with Gasteiger partial charge in [-0.2, -0.15) is 0 Å². The van der Waals surface area contributed by atoms with Gasteiger partial charge in [-0.3, -0.25) is 0 Å². The van der Waals surface area contributed by atoms with Crippen LogP contribution in [0, 0.1) is 0 Å². The van der Waals surface area contributed by atoms with Crippen molar-refractivity contribution in [1.82, 2.24) is 0 Å². The average Bonchev–Trinajstić information content (AvgIpc) is 2.16. The van der Waals surface area contributed by atoms with Crippen LogP contribution in [0.4, 0.5) is 5.69 Å². The van der Waals surface area contributed by atoms with E-state index in [1.165, 1.54) is 20.3 Å². The lowest BCUT2D eigenvalue weighted by atomic mass is 10.2. The van der Waals surface area contributed by atoms with Gasteiger partial charge in [0.2, 0.25) is 0 Å². The molecule has 0 spiro atoms. The van der Waals surface area contributed by atoms with Crippen molar-refractivity contribution < 1.29 is 14.3 Å². The van der Waals surface area contributed by atoms with Crippen LogP contribution < -0.4 is 10.5 Å². The first-order valence-corrected chi connectivity index (χ1v) is 3.71. The number of halogens is 1. The molecule has 0 aromatic heterocycles. The van der Waals surface area contributed by atoms with E-state index < -0.39 is 5.97 Å². The second-order valence-electron chi connectivity index (χ2n) is 2.45. The quantitative estimate of drug-likeness (QED) is 0.602. The van der Waals surface area contributed by atoms with Crippen molar-refractivity contribution in [2.24, 2.45) is 0 Å². The van der Waals surface area contributed by atoms with Gasteiger partial charge in [0.15, 0.2) is 0 Å². The van der Waals surface area contributed by atoms with Gasteiger partial charge in [-0.25, -0.2) is 4.79 Å². The highest BCUT2D eigenvalue weighted by atomic mass is 35.5. The summed E-state index contributed by atoms with van der Waals surface area (Å²) in [7, 11) is 2.84. The van der Waals surface area contributed by atoms with Gasteiger partial charge in [0, 0.05) is 0 Å². The van der Waals surface area contributed by atoms with Gasteiger partial charge in [-0.05, 0) is 18.2 Å². The van der Waals surface area contributed by atoms with Crippen molar-refractivity contribution in [2.75, 3.05) is 20.0 Å². The van der Waals surface area contributed by atoms with E-state index in [2.05, 4.69) is 4.74 Å². The number of methoxy groups -OCH3 is 2. The standard InChI is InChI=1S/C9H11NO3.ClH/c1-12-8-4-3-6(5-7(8)10)9(11)13-2;/h3-5H,10H2,1-2H3;1H. The van der Waals surface area contributed by atoms with E-state index in [1.807, 2.05) is 0 Å². The Morgan fingerprint density at radius 2 is 2.00 bits per heavy atom. The molecule has 1 rings (SSSR count). The van der Waals surface area contributed by atoms with Crippen LogP contribution in [0.1, 0.15) is 10.4 Å². The molecule has 0 bridgehead atoms. The van der Waals surface area contributed by atoms with E-state index >= 15 is 0 Å². The third-order valence-corrected chi connectivity index (χ3v) is 1.65. The number of benzene rings is 1. The van der Waals surface area contributed by atoms with E-state index in [-0.39, 0.29) is 12.4 Å². The fourth-order valence-electron chi connectivity index (χ4n) is 0.979. The van der Waals surface area contributed by atoms with Crippen LogP contribution in [0.15, 0.2) is 18.2 Å². The fraction of sp³-hybridized carbons (Fsp3) is 0.222. The largest absolute Gasteiger partial charge is 0.495 e. The lowest BCUT2D eigenvalue weighted by Crippen LogP contribution is -2.02. The Hall–Kier alpha value is -1.42. The zero-order valence-electron chi connectivity index (χ0n) is 7.94. The van der Waals surface area contributed by atoms with E-state index in [4.69, 9.17) is 10.5 Å². The summed E-state index contributed by atoms with van der Waals surface area (Å²) in [5.41, 5.74) is 6.43. The minimum Gasteiger partial charge on any atom is -0.495 e. The lowest BCUT2D eigenvalue weighted by molar-refractivity contribution is 0.0601. The number of ether oxygens (including phenoxy) is 2. The SMILES string of the molecule is COC(=O)c1ccc(OC)c(N)c1.Cl. The normalized spacial score (nSPS) is 8.71. The van der Waals surface area contributed by atoms with Crippen LogP contribution in [0.25, 0.3) is 0 Å². The molecular weight excluding hydrogens is 206 g/mol. The monoisotopic (exact) mass is 217 g/mol. The van der Waals surface area contributed by atoms with Crippen molar-refractivity contribution in [1.29, 1.82) is 0 Å². The number of anilines is 1. The summed E-state index contributed by atoms with van der Waals surface area (Å²) in [6.07, 6.45) is 0. The number of hydrogen-bond acceptors (Lipinski definition) is 4. The van der Waals surface area contributed by atoms with Crippen LogP contribution >= 0.6 is 12.4 Å². The van der Waals surface area contributed by atoms with E-state index in [0.29, 0.717) is 17.0 Å². The van der Waals surface area contributed by atoms with Gasteiger partial charge < -0.3 is 15.2 Å². The van der Waals surface area contributed by atoms with Gasteiger partial charge in [0.25, 0.3) is 0 Å². The molecular formula is C9H12ClNO3. The number of carbonyl (C=O) groups is 1. The summed E-state index contributed by atoms with van der Waals surface area (Å²) >= 11 is 0. The Kier molecular flexibility index (Phi) is 4.80. The second kappa shape index (κ2) is 5.34. The number of nitrogens with two attached hydrogens (primary N) is 1. The molecule has 0 aliphatic rings. The summed E-state index contributed by atoms with van der Waals surface area (Å²) in [6.45, 7) is 0. The summed E-state index contributed by atoms with van der Waals surface area (Å²) in [6, 6.07) is 4.74. The van der Waals surface area contributed by atoms with Gasteiger partial charge in [0.05, 0.1) is 25.5 Å². The first-order valence-electron chi connectivity index (χ1n) is 3.71. The molecule has 0 aliphatic heterocycles. The first kappa shape index (κ1) is 12.6. The molecule has 1 aromatic rings. The number of hydrogen-bond donors (Lipinski definition) is 1. The fourth-order valence-corrected chi connectivity index (χ4v) is 0.979. The van der Waals surface area contributed by atoms with E-state index in [0.717, 1.165) is 0 Å². The minimum atomic E-state index is -0.408. The van der Waals surface area contributed by atoms with E-state index in [9.17, 15) is 4.79 Å². The molecule has 1 aromatic carbocycles. The Balaban J connectivity index is 0.00000169. The van der Waals surface area contributed by atoms with Crippen molar-refractivity contribution in [3.05, 3.63) is 23.8 Å². The maximum Gasteiger partial charge on any atom is 0.337 e. The van der Waals surface area contributed by atoms with Crippen LogP contribution in [0.5, 0.6) is 5.75 Å². The molecule has 0 heterocycles. The van der Waals surface area contributed by atoms with Crippen molar-refractivity contribution >= 4 is 24.1 Å². The minimum absolute atomic E-state index is 0. The predicted octanol–water partition coefficient (Wildman–Crippen LogP) is 1.49. The number of esters is 1. The van der Waals surface area contributed by atoms with Crippen LogP contribution in [-0.4, -0.2) is 20.2 Å². The Bertz CT molecular complexity index is 328. The molecule has 2 N–H and O–H groups in total. The Morgan fingerprint density at radius 3 is 2.43 bits per heavy atom. The lowest BCUT2D eigenvalue weighted by Gasteiger charge is -2.05. The average molecular weight is 218 g/mol. The van der Waals surface area contributed by atoms with Crippen LogP contribution in [0.3, 0.4) is 0 Å². The molecule has 4 nitrogen and oxygen atoms in total. The summed E-state index contributed by atoms with van der Waals surface area (Å²) < 4.78 is 9.47.